The number of furan rings is 1. The third-order valence-corrected chi connectivity index (χ3v) is 5.01. The number of hydrogen-bond acceptors (Lipinski definition) is 10. The molecule has 0 radical (unpaired) electrons. The minimum atomic E-state index is -0.977. The second-order valence-corrected chi connectivity index (χ2v) is 7.56. The van der Waals surface area contributed by atoms with Crippen LogP contribution in [0.3, 0.4) is 0 Å². The predicted molar refractivity (Wildman–Crippen MR) is 130 cm³/mol. The zero-order chi connectivity index (χ0) is 25.3. The lowest BCUT2D eigenvalue weighted by atomic mass is 10.1. The van der Waals surface area contributed by atoms with Gasteiger partial charge in [0.15, 0.2) is 18.2 Å². The number of rotatable bonds is 10. The third-order valence-electron chi connectivity index (χ3n) is 5.01. The maximum absolute atomic E-state index is 13.0. The van der Waals surface area contributed by atoms with Crippen LogP contribution in [-0.2, 0) is 22.6 Å². The Morgan fingerprint density at radius 3 is 2.53 bits per heavy atom. The maximum Gasteiger partial charge on any atom is 0.329 e. The highest BCUT2D eigenvalue weighted by molar-refractivity contribution is 5.94. The summed E-state index contributed by atoms with van der Waals surface area (Å²) in [6.07, 6.45) is 1.59. The summed E-state index contributed by atoms with van der Waals surface area (Å²) in [6, 6.07) is 18.6. The topological polar surface area (TPSA) is 154 Å². The first kappa shape index (κ1) is 24.2. The number of hydrogen-bond donors (Lipinski definition) is 3. The van der Waals surface area contributed by atoms with Gasteiger partial charge < -0.3 is 30.3 Å². The van der Waals surface area contributed by atoms with E-state index in [1.807, 2.05) is 42.5 Å². The Hall–Kier alpha value is -4.93. The molecule has 0 bridgehead atoms. The summed E-state index contributed by atoms with van der Waals surface area (Å²) in [5.74, 6) is -0.310. The second kappa shape index (κ2) is 11.5. The number of aromatic nitrogens is 3. The molecule has 2 aromatic carbocycles. The van der Waals surface area contributed by atoms with Crippen molar-refractivity contribution in [1.29, 1.82) is 0 Å². The van der Waals surface area contributed by atoms with Crippen LogP contribution >= 0.6 is 0 Å². The van der Waals surface area contributed by atoms with Gasteiger partial charge in [0.25, 0.3) is 5.91 Å². The Bertz CT molecular complexity index is 1310. The summed E-state index contributed by atoms with van der Waals surface area (Å²) in [5.41, 5.74) is 7.29. The van der Waals surface area contributed by atoms with Crippen LogP contribution in [0.4, 0.5) is 17.6 Å². The normalized spacial score (nSPS) is 11.4. The molecule has 1 amide bonds. The van der Waals surface area contributed by atoms with Crippen LogP contribution in [0.5, 0.6) is 5.75 Å². The smallest absolute Gasteiger partial charge is 0.329 e. The number of nitrogens with zero attached hydrogens (tertiary/aromatic N) is 3. The molecule has 4 aromatic rings. The van der Waals surface area contributed by atoms with Crippen molar-refractivity contribution in [3.8, 4) is 5.75 Å². The first-order valence-corrected chi connectivity index (χ1v) is 11.0. The predicted octanol–water partition coefficient (Wildman–Crippen LogP) is 2.88. The molecule has 36 heavy (non-hydrogen) atoms. The molecule has 4 N–H and O–H groups in total. The molecule has 0 aliphatic carbocycles. The van der Waals surface area contributed by atoms with E-state index in [-0.39, 0.29) is 36.5 Å². The number of carbonyl (C=O) groups is 2. The Kier molecular flexibility index (Phi) is 7.71. The van der Waals surface area contributed by atoms with Gasteiger partial charge in [-0.3, -0.25) is 4.79 Å². The fraction of sp³-hybridized carbons (Fsp3) is 0.160. The molecule has 11 nitrogen and oxygen atoms in total. The van der Waals surface area contributed by atoms with Crippen molar-refractivity contribution >= 4 is 29.5 Å². The van der Waals surface area contributed by atoms with Crippen LogP contribution in [0.15, 0.2) is 77.4 Å². The summed E-state index contributed by atoms with van der Waals surface area (Å²) >= 11 is 0. The van der Waals surface area contributed by atoms with Crippen molar-refractivity contribution in [3.05, 3.63) is 90.1 Å². The molecule has 0 aliphatic heterocycles. The van der Waals surface area contributed by atoms with Crippen molar-refractivity contribution in [2.75, 3.05) is 18.2 Å². The van der Waals surface area contributed by atoms with Gasteiger partial charge in [-0.1, -0.05) is 42.5 Å². The lowest BCUT2D eigenvalue weighted by molar-refractivity contribution is -0.147. The third kappa shape index (κ3) is 6.35. The number of esters is 1. The van der Waals surface area contributed by atoms with E-state index >= 15 is 0 Å². The average Bonchev–Trinajstić information content (AvgIpc) is 3.43. The number of nitrogens with two attached hydrogens (primary N) is 1. The molecule has 0 saturated heterocycles. The summed E-state index contributed by atoms with van der Waals surface area (Å²) in [4.78, 5) is 37.9. The maximum atomic E-state index is 13.0. The molecule has 0 saturated carbocycles. The first-order chi connectivity index (χ1) is 17.5. The Labute approximate surface area is 206 Å². The molecule has 1 atom stereocenters. The number of benzene rings is 2. The highest BCUT2D eigenvalue weighted by Crippen LogP contribution is 2.25. The molecule has 2 aromatic heterocycles. The lowest BCUT2D eigenvalue weighted by Gasteiger charge is -2.17. The van der Waals surface area contributed by atoms with E-state index < -0.39 is 17.9 Å². The van der Waals surface area contributed by atoms with Gasteiger partial charge >= 0.3 is 5.97 Å². The average molecular weight is 489 g/mol. The van der Waals surface area contributed by atoms with Crippen molar-refractivity contribution in [2.24, 2.45) is 0 Å². The van der Waals surface area contributed by atoms with Gasteiger partial charge in [-0.25, -0.2) is 4.79 Å². The Morgan fingerprint density at radius 2 is 1.78 bits per heavy atom. The first-order valence-electron chi connectivity index (χ1n) is 11.0. The van der Waals surface area contributed by atoms with Crippen molar-refractivity contribution in [1.82, 2.24) is 20.3 Å². The second-order valence-electron chi connectivity index (χ2n) is 7.56. The zero-order valence-corrected chi connectivity index (χ0v) is 19.4. The van der Waals surface area contributed by atoms with Crippen LogP contribution in [0.25, 0.3) is 0 Å². The minimum absolute atomic E-state index is 0.0552. The zero-order valence-electron chi connectivity index (χ0n) is 19.4. The molecular formula is C25H24N6O5. The quantitative estimate of drug-likeness (QED) is 0.284. The molecule has 2 heterocycles. The number of para-hydroxylation sites is 2. The largest absolute Gasteiger partial charge is 0.495 e. The summed E-state index contributed by atoms with van der Waals surface area (Å²) < 4.78 is 15.9. The summed E-state index contributed by atoms with van der Waals surface area (Å²) in [5, 5.41) is 5.68. The van der Waals surface area contributed by atoms with Gasteiger partial charge in [0.2, 0.25) is 11.9 Å². The van der Waals surface area contributed by atoms with E-state index in [0.29, 0.717) is 11.4 Å². The van der Waals surface area contributed by atoms with Gasteiger partial charge in [-0.15, -0.1) is 0 Å². The minimum Gasteiger partial charge on any atom is -0.495 e. The number of nitrogens with one attached hydrogen (secondary N) is 2. The van der Waals surface area contributed by atoms with E-state index in [9.17, 15) is 9.59 Å². The molecular weight excluding hydrogens is 464 g/mol. The van der Waals surface area contributed by atoms with Gasteiger partial charge in [0.05, 0.1) is 19.1 Å². The number of nitrogen functional groups attached to an aromatic ring is 1. The summed E-state index contributed by atoms with van der Waals surface area (Å²) in [7, 11) is 1.55. The van der Waals surface area contributed by atoms with Crippen molar-refractivity contribution in [3.63, 3.8) is 0 Å². The van der Waals surface area contributed by atoms with Crippen LogP contribution in [0.2, 0.25) is 0 Å². The van der Waals surface area contributed by atoms with Gasteiger partial charge in [-0.05, 0) is 29.8 Å². The van der Waals surface area contributed by atoms with Gasteiger partial charge in [0.1, 0.15) is 11.8 Å². The SMILES string of the molecule is COc1ccccc1Nc1nc(N)nc(COC(=O)[C@H](Cc2ccccc2)NC(=O)c2ccco2)n1. The van der Waals surface area contributed by atoms with Crippen molar-refractivity contribution < 1.29 is 23.5 Å². The number of carbonyl (C=O) groups excluding carboxylic acids is 2. The van der Waals surface area contributed by atoms with Crippen molar-refractivity contribution in [2.45, 2.75) is 19.1 Å². The fourth-order valence-electron chi connectivity index (χ4n) is 3.34. The summed E-state index contributed by atoms with van der Waals surface area (Å²) in [6.45, 7) is -0.284. The molecule has 11 heteroatoms. The van der Waals surface area contributed by atoms with E-state index in [1.54, 1.807) is 25.3 Å². The van der Waals surface area contributed by atoms with Crippen LogP contribution < -0.4 is 21.1 Å². The molecule has 0 aliphatic rings. The number of ether oxygens (including phenoxy) is 2. The van der Waals surface area contributed by atoms with E-state index in [2.05, 4.69) is 25.6 Å². The number of methoxy groups -OCH3 is 1. The van der Waals surface area contributed by atoms with E-state index in [1.165, 1.54) is 12.3 Å². The lowest BCUT2D eigenvalue weighted by Crippen LogP contribution is -2.43. The highest BCUT2D eigenvalue weighted by Gasteiger charge is 2.25. The molecule has 4 rings (SSSR count). The monoisotopic (exact) mass is 488 g/mol. The Morgan fingerprint density at radius 1 is 1.00 bits per heavy atom. The molecule has 0 spiro atoms. The molecule has 0 unspecified atom stereocenters. The fourth-order valence-corrected chi connectivity index (χ4v) is 3.34. The molecule has 0 fully saturated rings. The Balaban J connectivity index is 1.46. The van der Waals surface area contributed by atoms with E-state index in [4.69, 9.17) is 19.6 Å². The number of anilines is 3. The van der Waals surface area contributed by atoms with Crippen LogP contribution in [0, 0.1) is 0 Å². The van der Waals surface area contributed by atoms with Crippen LogP contribution in [0.1, 0.15) is 21.9 Å². The van der Waals surface area contributed by atoms with Gasteiger partial charge in [-0.2, -0.15) is 15.0 Å². The van der Waals surface area contributed by atoms with E-state index in [0.717, 1.165) is 5.56 Å². The van der Waals surface area contributed by atoms with Crippen LogP contribution in [-0.4, -0.2) is 40.0 Å². The van der Waals surface area contributed by atoms with Gasteiger partial charge in [0, 0.05) is 6.42 Å². The highest BCUT2D eigenvalue weighted by atomic mass is 16.5. The molecule has 184 valence electrons. The number of amides is 1. The standard InChI is InChI=1S/C25H24N6O5/c1-34-19-11-6-5-10-17(19)28-25-30-21(29-24(26)31-25)15-36-23(33)18(14-16-8-3-2-4-9-16)27-22(32)20-12-7-13-35-20/h2-13,18H,14-15H2,1H3,(H,27,32)(H3,26,28,29,30,31)/t18-/m0/s1.